The third-order valence-electron chi connectivity index (χ3n) is 11.4. The lowest BCUT2D eigenvalue weighted by Crippen LogP contribution is -2.21. The van der Waals surface area contributed by atoms with E-state index in [1.165, 1.54) is 18.2 Å². The minimum Gasteiger partial charge on any atom is -0.506 e. The van der Waals surface area contributed by atoms with Crippen LogP contribution in [-0.2, 0) is 18.9 Å². The number of rotatable bonds is 29. The molecule has 0 amide bonds. The molecule has 0 fully saturated rings. The van der Waals surface area contributed by atoms with Crippen LogP contribution in [0.15, 0.2) is 30.3 Å². The monoisotopic (exact) mass is 795 g/mol. The lowest BCUT2D eigenvalue weighted by Gasteiger charge is -2.20. The molecule has 9 nitrogen and oxygen atoms in total. The molecule has 0 heterocycles. The average Bonchev–Trinajstić information content (AvgIpc) is 3.23. The fraction of sp³-hybridized carbons (Fsp3) is 0.667. The van der Waals surface area contributed by atoms with Crippen LogP contribution in [-0.4, -0.2) is 55.4 Å². The van der Waals surface area contributed by atoms with Gasteiger partial charge in [-0.3, -0.25) is 0 Å². The molecule has 1 N–H and O–H groups in total. The molecule has 320 valence electrons. The zero-order valence-electron chi connectivity index (χ0n) is 36.6. The van der Waals surface area contributed by atoms with E-state index in [0.29, 0.717) is 0 Å². The molecule has 9 heteroatoms. The highest BCUT2D eigenvalue weighted by Gasteiger charge is 2.31. The lowest BCUT2D eigenvalue weighted by atomic mass is 9.91. The minimum absolute atomic E-state index is 0.00383. The summed E-state index contributed by atoms with van der Waals surface area (Å²) in [6, 6.07) is 7.62. The molecule has 4 atom stereocenters. The van der Waals surface area contributed by atoms with Crippen LogP contribution in [0.5, 0.6) is 5.75 Å². The van der Waals surface area contributed by atoms with Crippen molar-refractivity contribution >= 4 is 23.9 Å². The van der Waals surface area contributed by atoms with E-state index in [1.54, 1.807) is 12.1 Å². The van der Waals surface area contributed by atoms with Crippen molar-refractivity contribution < 1.29 is 43.2 Å². The number of phenols is 1. The highest BCUT2D eigenvalue weighted by molar-refractivity contribution is 6.11. The summed E-state index contributed by atoms with van der Waals surface area (Å²) in [6.45, 7) is 17.3. The first-order chi connectivity index (χ1) is 27.5. The largest absolute Gasteiger partial charge is 0.506 e. The average molecular weight is 795 g/mol. The molecule has 2 rings (SSSR count). The van der Waals surface area contributed by atoms with Crippen molar-refractivity contribution in [2.45, 2.75) is 158 Å². The van der Waals surface area contributed by atoms with E-state index < -0.39 is 29.6 Å². The number of aromatic hydroxyl groups is 1. The molecule has 0 radical (unpaired) electrons. The maximum atomic E-state index is 14.2. The van der Waals surface area contributed by atoms with Crippen LogP contribution in [0.2, 0.25) is 0 Å². The second-order valence-electron chi connectivity index (χ2n) is 15.7. The van der Waals surface area contributed by atoms with E-state index in [2.05, 4.69) is 48.5 Å². The Kier molecular flexibility index (Phi) is 23.9. The van der Waals surface area contributed by atoms with Gasteiger partial charge in [-0.1, -0.05) is 145 Å². The van der Waals surface area contributed by atoms with Crippen molar-refractivity contribution in [2.75, 3.05) is 26.4 Å². The summed E-state index contributed by atoms with van der Waals surface area (Å²) in [5.74, 6) is -3.00. The van der Waals surface area contributed by atoms with Crippen LogP contribution in [0.4, 0.5) is 0 Å². The highest BCUT2D eigenvalue weighted by atomic mass is 16.5. The summed E-state index contributed by atoms with van der Waals surface area (Å²) >= 11 is 0. The van der Waals surface area contributed by atoms with Gasteiger partial charge >= 0.3 is 23.9 Å². The van der Waals surface area contributed by atoms with Gasteiger partial charge in [-0.15, -0.1) is 0 Å². The summed E-state index contributed by atoms with van der Waals surface area (Å²) in [6.07, 6.45) is 15.0. The number of hydrogen-bond donors (Lipinski definition) is 1. The van der Waals surface area contributed by atoms with Crippen molar-refractivity contribution in [3.63, 3.8) is 0 Å². The fourth-order valence-corrected chi connectivity index (χ4v) is 7.02. The SMILES string of the molecule is CCCCC(CC)COC(=O)c1cccc(-c2ccc(C(=O)OCC(CC)CCCC)c(C(=O)OCC(CC)CCCC)c2O)c1C(=O)OCC(CC)CCCC. The summed E-state index contributed by atoms with van der Waals surface area (Å²) in [7, 11) is 0. The minimum atomic E-state index is -0.867. The van der Waals surface area contributed by atoms with Gasteiger partial charge in [0.15, 0.2) is 0 Å². The van der Waals surface area contributed by atoms with Crippen molar-refractivity contribution in [3.05, 3.63) is 52.6 Å². The second-order valence-corrected chi connectivity index (χ2v) is 15.7. The Labute approximate surface area is 344 Å². The summed E-state index contributed by atoms with van der Waals surface area (Å²) < 4.78 is 23.3. The van der Waals surface area contributed by atoms with Gasteiger partial charge < -0.3 is 24.1 Å². The first-order valence-corrected chi connectivity index (χ1v) is 22.2. The van der Waals surface area contributed by atoms with Crippen molar-refractivity contribution in [1.82, 2.24) is 0 Å². The molecular formula is C48H74O9. The molecule has 2 aromatic rings. The van der Waals surface area contributed by atoms with Gasteiger partial charge in [0, 0.05) is 11.1 Å². The van der Waals surface area contributed by atoms with Gasteiger partial charge in [0.05, 0.1) is 43.1 Å². The maximum Gasteiger partial charge on any atom is 0.342 e. The molecule has 0 spiro atoms. The van der Waals surface area contributed by atoms with E-state index in [4.69, 9.17) is 18.9 Å². The number of ether oxygens (including phenoxy) is 4. The molecule has 4 unspecified atom stereocenters. The number of esters is 4. The van der Waals surface area contributed by atoms with E-state index in [-0.39, 0.29) is 83.5 Å². The van der Waals surface area contributed by atoms with Crippen molar-refractivity contribution in [2.24, 2.45) is 23.7 Å². The quantitative estimate of drug-likeness (QED) is 0.0632. The van der Waals surface area contributed by atoms with E-state index in [9.17, 15) is 24.3 Å². The molecule has 0 saturated carbocycles. The number of carbonyl (C=O) groups excluding carboxylic acids is 4. The van der Waals surface area contributed by atoms with Gasteiger partial charge in [0.1, 0.15) is 11.3 Å². The summed E-state index contributed by atoms with van der Waals surface area (Å²) in [5.41, 5.74) is -0.320. The van der Waals surface area contributed by atoms with Gasteiger partial charge in [-0.2, -0.15) is 0 Å². The topological polar surface area (TPSA) is 125 Å². The molecular weight excluding hydrogens is 721 g/mol. The first kappa shape index (κ1) is 49.3. The molecule has 0 aliphatic rings. The molecule has 0 saturated heterocycles. The van der Waals surface area contributed by atoms with Crippen LogP contribution in [0, 0.1) is 23.7 Å². The van der Waals surface area contributed by atoms with Crippen molar-refractivity contribution in [3.8, 4) is 16.9 Å². The third-order valence-corrected chi connectivity index (χ3v) is 11.4. The Morgan fingerprint density at radius 2 is 0.807 bits per heavy atom. The Morgan fingerprint density at radius 3 is 1.18 bits per heavy atom. The van der Waals surface area contributed by atoms with E-state index in [0.717, 1.165) is 103 Å². The second kappa shape index (κ2) is 27.7. The van der Waals surface area contributed by atoms with Gasteiger partial charge in [-0.25, -0.2) is 19.2 Å². The molecule has 57 heavy (non-hydrogen) atoms. The molecule has 0 bridgehead atoms. The summed E-state index contributed by atoms with van der Waals surface area (Å²) in [5, 5.41) is 12.0. The number of hydrogen-bond acceptors (Lipinski definition) is 9. The standard InChI is InChI=1S/C48H74O9/c1-9-17-22-34(13-5)30-54-45(50)40-27-21-26-38(42(40)47(52)56-32-36(15-7)24-19-11-3)39-28-29-41(46(51)55-31-35(14-6)23-18-10-2)43(44(39)49)48(53)57-33-37(16-8)25-20-12-4/h21,26-29,34-37,49H,9-20,22-25,30-33H2,1-8H3. The number of benzene rings is 2. The Hall–Kier alpha value is -3.88. The zero-order chi connectivity index (χ0) is 42.2. The molecule has 0 aromatic heterocycles. The van der Waals surface area contributed by atoms with E-state index >= 15 is 0 Å². The predicted octanol–water partition coefficient (Wildman–Crippen LogP) is 12.6. The van der Waals surface area contributed by atoms with Crippen LogP contribution in [0.1, 0.15) is 200 Å². The van der Waals surface area contributed by atoms with Crippen LogP contribution in [0.25, 0.3) is 11.1 Å². The Morgan fingerprint density at radius 1 is 0.456 bits per heavy atom. The van der Waals surface area contributed by atoms with E-state index in [1.807, 2.05) is 6.92 Å². The normalized spacial score (nSPS) is 13.3. The van der Waals surface area contributed by atoms with Crippen LogP contribution in [0.3, 0.4) is 0 Å². The zero-order valence-corrected chi connectivity index (χ0v) is 36.6. The predicted molar refractivity (Wildman–Crippen MR) is 228 cm³/mol. The lowest BCUT2D eigenvalue weighted by molar-refractivity contribution is 0.0378. The Balaban J connectivity index is 2.74. The molecule has 0 aliphatic carbocycles. The third kappa shape index (κ3) is 15.8. The maximum absolute atomic E-state index is 14.2. The van der Waals surface area contributed by atoms with Crippen LogP contribution >= 0.6 is 0 Å². The van der Waals surface area contributed by atoms with Crippen LogP contribution < -0.4 is 0 Å². The smallest absolute Gasteiger partial charge is 0.342 e. The fourth-order valence-electron chi connectivity index (χ4n) is 7.02. The van der Waals surface area contributed by atoms with Gasteiger partial charge in [-0.05, 0) is 67.6 Å². The number of carbonyl (C=O) groups is 4. The molecule has 0 aliphatic heterocycles. The number of unbranched alkanes of at least 4 members (excludes halogenated alkanes) is 4. The Bertz CT molecular complexity index is 1520. The molecule has 2 aromatic carbocycles. The first-order valence-electron chi connectivity index (χ1n) is 22.2. The van der Waals surface area contributed by atoms with Gasteiger partial charge in [0.25, 0.3) is 0 Å². The summed E-state index contributed by atoms with van der Waals surface area (Å²) in [4.78, 5) is 55.7. The van der Waals surface area contributed by atoms with Crippen molar-refractivity contribution in [1.29, 1.82) is 0 Å². The van der Waals surface area contributed by atoms with Gasteiger partial charge in [0.2, 0.25) is 0 Å². The highest BCUT2D eigenvalue weighted by Crippen LogP contribution is 2.39. The number of phenolic OH excluding ortho intramolecular Hbond substituents is 1.